The van der Waals surface area contributed by atoms with Crippen LogP contribution in [0.3, 0.4) is 0 Å². The summed E-state index contributed by atoms with van der Waals surface area (Å²) >= 11 is 0. The summed E-state index contributed by atoms with van der Waals surface area (Å²) < 4.78 is 5.42. The van der Waals surface area contributed by atoms with Crippen LogP contribution in [0.4, 0.5) is 0 Å². The first-order valence-electron chi connectivity index (χ1n) is 7.74. The minimum Gasteiger partial charge on any atom is -0.339 e. The Balaban J connectivity index is 2.08. The van der Waals surface area contributed by atoms with Crippen molar-refractivity contribution in [3.05, 3.63) is 11.7 Å². The fraction of sp³-hybridized carbons (Fsp3) is 0.867. The Bertz CT molecular complexity index is 453. The van der Waals surface area contributed by atoms with Gasteiger partial charge in [-0.05, 0) is 39.0 Å². The van der Waals surface area contributed by atoms with Gasteiger partial charge in [0.05, 0.1) is 6.04 Å². The molecule has 0 aliphatic carbocycles. The number of likely N-dealkylation sites (N-methyl/N-ethyl adjacent to an activating group) is 2. The first-order chi connectivity index (χ1) is 9.77. The summed E-state index contributed by atoms with van der Waals surface area (Å²) in [5.74, 6) is 1.43. The molecule has 0 radical (unpaired) electrons. The van der Waals surface area contributed by atoms with Gasteiger partial charge in [0, 0.05) is 19.0 Å². The van der Waals surface area contributed by atoms with Crippen LogP contribution in [0.25, 0.3) is 0 Å². The lowest BCUT2D eigenvalue weighted by Crippen LogP contribution is -2.37. The zero-order chi connectivity index (χ0) is 15.6. The highest BCUT2D eigenvalue weighted by Gasteiger charge is 2.28. The number of nitrogens with two attached hydrogens (primary N) is 1. The fourth-order valence-electron chi connectivity index (χ4n) is 2.53. The van der Waals surface area contributed by atoms with Gasteiger partial charge in [-0.2, -0.15) is 4.98 Å². The molecule has 120 valence electrons. The van der Waals surface area contributed by atoms with E-state index in [1.165, 1.54) is 6.42 Å². The minimum absolute atomic E-state index is 0.0142. The van der Waals surface area contributed by atoms with E-state index in [1.54, 1.807) is 0 Å². The molecule has 21 heavy (non-hydrogen) atoms. The Labute approximate surface area is 127 Å². The first kappa shape index (κ1) is 16.4. The summed E-state index contributed by atoms with van der Waals surface area (Å²) in [5, 5.41) is 4.19. The van der Waals surface area contributed by atoms with Crippen molar-refractivity contribution in [2.45, 2.75) is 45.7 Å². The lowest BCUT2D eigenvalue weighted by Gasteiger charge is -2.25. The number of nitrogens with zero attached hydrogens (tertiary/aromatic N) is 4. The number of rotatable bonds is 3. The van der Waals surface area contributed by atoms with E-state index in [0.717, 1.165) is 25.5 Å². The van der Waals surface area contributed by atoms with Crippen molar-refractivity contribution in [3.63, 3.8) is 0 Å². The van der Waals surface area contributed by atoms with Crippen molar-refractivity contribution in [3.8, 4) is 0 Å². The van der Waals surface area contributed by atoms with Gasteiger partial charge in [0.2, 0.25) is 5.89 Å². The van der Waals surface area contributed by atoms with Crippen molar-refractivity contribution in [1.82, 2.24) is 19.9 Å². The maximum absolute atomic E-state index is 6.20. The predicted octanol–water partition coefficient (Wildman–Crippen LogP) is 1.29. The molecule has 2 heterocycles. The largest absolute Gasteiger partial charge is 0.339 e. The van der Waals surface area contributed by atoms with Crippen molar-refractivity contribution < 1.29 is 4.52 Å². The standard InChI is InChI=1S/C15H29N5O/c1-15(2,3)12(16)9-13-17-14(18-21-13)11-10-19(4)7-6-8-20(11)5/h11-12H,6-10,16H2,1-5H3. The maximum atomic E-state index is 6.20. The number of aromatic nitrogens is 2. The second-order valence-electron chi connectivity index (χ2n) is 7.34. The summed E-state index contributed by atoms with van der Waals surface area (Å²) in [7, 11) is 4.27. The molecule has 2 rings (SSSR count). The van der Waals surface area contributed by atoms with Crippen molar-refractivity contribution in [2.75, 3.05) is 33.7 Å². The third-order valence-electron chi connectivity index (χ3n) is 4.36. The molecule has 1 aliphatic heterocycles. The van der Waals surface area contributed by atoms with E-state index < -0.39 is 0 Å². The van der Waals surface area contributed by atoms with Crippen LogP contribution < -0.4 is 5.73 Å². The van der Waals surface area contributed by atoms with Crippen molar-refractivity contribution in [1.29, 1.82) is 0 Å². The molecule has 1 aromatic rings. The minimum atomic E-state index is 0.0142. The molecule has 0 aromatic carbocycles. The molecular weight excluding hydrogens is 266 g/mol. The predicted molar refractivity (Wildman–Crippen MR) is 82.9 cm³/mol. The molecule has 0 spiro atoms. The highest BCUT2D eigenvalue weighted by Crippen LogP contribution is 2.23. The molecule has 1 saturated heterocycles. The van der Waals surface area contributed by atoms with E-state index in [9.17, 15) is 0 Å². The molecule has 0 amide bonds. The Morgan fingerprint density at radius 2 is 2.05 bits per heavy atom. The van der Waals surface area contributed by atoms with Gasteiger partial charge in [-0.3, -0.25) is 4.90 Å². The van der Waals surface area contributed by atoms with Gasteiger partial charge in [-0.1, -0.05) is 25.9 Å². The molecule has 2 atom stereocenters. The summed E-state index contributed by atoms with van der Waals surface area (Å²) in [4.78, 5) is 9.22. The summed E-state index contributed by atoms with van der Waals surface area (Å²) in [6, 6.07) is 0.209. The average molecular weight is 295 g/mol. The highest BCUT2D eigenvalue weighted by atomic mass is 16.5. The van der Waals surface area contributed by atoms with Gasteiger partial charge in [-0.25, -0.2) is 0 Å². The van der Waals surface area contributed by atoms with Crippen LogP contribution in [0.5, 0.6) is 0 Å². The molecule has 6 nitrogen and oxygen atoms in total. The van der Waals surface area contributed by atoms with Crippen LogP contribution in [0.1, 0.15) is 44.9 Å². The van der Waals surface area contributed by atoms with E-state index in [0.29, 0.717) is 12.3 Å². The van der Waals surface area contributed by atoms with Crippen LogP contribution in [-0.2, 0) is 6.42 Å². The molecular formula is C15H29N5O. The smallest absolute Gasteiger partial charge is 0.228 e. The second-order valence-corrected chi connectivity index (χ2v) is 7.34. The van der Waals surface area contributed by atoms with Gasteiger partial charge in [0.25, 0.3) is 0 Å². The molecule has 1 aliphatic rings. The topological polar surface area (TPSA) is 71.4 Å². The van der Waals surface area contributed by atoms with Gasteiger partial charge in [-0.15, -0.1) is 0 Å². The Hall–Kier alpha value is -0.980. The molecule has 1 aromatic heterocycles. The van der Waals surface area contributed by atoms with E-state index >= 15 is 0 Å². The van der Waals surface area contributed by atoms with Crippen LogP contribution in [0, 0.1) is 5.41 Å². The van der Waals surface area contributed by atoms with Crippen LogP contribution >= 0.6 is 0 Å². The Morgan fingerprint density at radius 1 is 1.33 bits per heavy atom. The Kier molecular flexibility index (Phi) is 5.01. The van der Waals surface area contributed by atoms with E-state index in [1.807, 2.05) is 0 Å². The van der Waals surface area contributed by atoms with Crippen LogP contribution in [-0.4, -0.2) is 59.7 Å². The van der Waals surface area contributed by atoms with Gasteiger partial charge in [0.15, 0.2) is 5.82 Å². The van der Waals surface area contributed by atoms with Gasteiger partial charge in [0.1, 0.15) is 0 Å². The van der Waals surface area contributed by atoms with Gasteiger partial charge < -0.3 is 15.2 Å². The van der Waals surface area contributed by atoms with Gasteiger partial charge >= 0.3 is 0 Å². The third-order valence-corrected chi connectivity index (χ3v) is 4.36. The summed E-state index contributed by atoms with van der Waals surface area (Å²) in [5.41, 5.74) is 6.23. The normalized spacial score (nSPS) is 24.0. The molecule has 2 N–H and O–H groups in total. The molecule has 0 saturated carbocycles. The number of hydrogen-bond acceptors (Lipinski definition) is 6. The van der Waals surface area contributed by atoms with E-state index in [2.05, 4.69) is 54.8 Å². The zero-order valence-electron chi connectivity index (χ0n) is 14.0. The third kappa shape index (κ3) is 4.25. The molecule has 6 heteroatoms. The van der Waals surface area contributed by atoms with Crippen LogP contribution in [0.2, 0.25) is 0 Å². The lowest BCUT2D eigenvalue weighted by atomic mass is 9.85. The molecule has 1 fully saturated rings. The monoisotopic (exact) mass is 295 g/mol. The highest BCUT2D eigenvalue weighted by molar-refractivity contribution is 4.99. The summed E-state index contributed by atoms with van der Waals surface area (Å²) in [6.07, 6.45) is 1.80. The Morgan fingerprint density at radius 3 is 2.71 bits per heavy atom. The SMILES string of the molecule is CN1CCCN(C)C(c2noc(CC(N)C(C)(C)C)n2)C1. The van der Waals surface area contributed by atoms with Crippen molar-refractivity contribution in [2.24, 2.45) is 11.1 Å². The number of hydrogen-bond donors (Lipinski definition) is 1. The second kappa shape index (κ2) is 6.42. The van der Waals surface area contributed by atoms with Crippen LogP contribution in [0.15, 0.2) is 4.52 Å². The average Bonchev–Trinajstić information content (AvgIpc) is 2.75. The fourth-order valence-corrected chi connectivity index (χ4v) is 2.53. The van der Waals surface area contributed by atoms with E-state index in [-0.39, 0.29) is 17.5 Å². The zero-order valence-corrected chi connectivity index (χ0v) is 14.0. The molecule has 0 bridgehead atoms. The lowest BCUT2D eigenvalue weighted by molar-refractivity contribution is 0.214. The first-order valence-corrected chi connectivity index (χ1v) is 7.74. The summed E-state index contributed by atoms with van der Waals surface area (Å²) in [6.45, 7) is 9.48. The molecule has 2 unspecified atom stereocenters. The maximum Gasteiger partial charge on any atom is 0.228 e. The van der Waals surface area contributed by atoms with Crippen molar-refractivity contribution >= 4 is 0 Å². The quantitative estimate of drug-likeness (QED) is 0.906. The van der Waals surface area contributed by atoms with E-state index in [4.69, 9.17) is 10.3 Å².